The lowest BCUT2D eigenvalue weighted by molar-refractivity contribution is -0.128. The number of fused-ring (bicyclic) bond motifs is 1. The number of benzene rings is 3. The highest BCUT2D eigenvalue weighted by molar-refractivity contribution is 9.10. The third-order valence-electron chi connectivity index (χ3n) is 4.08. The number of likely N-dealkylation sites (N-methyl/N-ethyl adjacent to an activating group) is 1. The smallest absolute Gasteiger partial charge is 0.260 e. The van der Waals surface area contributed by atoms with Crippen LogP contribution in [0.25, 0.3) is 10.8 Å². The van der Waals surface area contributed by atoms with Crippen LogP contribution in [0.1, 0.15) is 11.7 Å². The molecule has 0 radical (unpaired) electrons. The predicted octanol–water partition coefficient (Wildman–Crippen LogP) is 4.95. The quantitative estimate of drug-likeness (QED) is 0.637. The van der Waals surface area contributed by atoms with Gasteiger partial charge in [-0.15, -0.1) is 0 Å². The largest absolute Gasteiger partial charge is 0.367 e. The zero-order valence-corrected chi connectivity index (χ0v) is 15.2. The number of anilines is 1. The average molecular weight is 384 g/mol. The number of nitrogens with zero attached hydrogens (tertiary/aromatic N) is 1. The highest BCUT2D eigenvalue weighted by Gasteiger charge is 2.25. The highest BCUT2D eigenvalue weighted by atomic mass is 79.9. The summed E-state index contributed by atoms with van der Waals surface area (Å²) in [5, 5.41) is 2.23. The van der Waals surface area contributed by atoms with Crippen LogP contribution >= 0.6 is 15.9 Å². The van der Waals surface area contributed by atoms with Crippen molar-refractivity contribution in [3.05, 3.63) is 76.8 Å². The number of hydrogen-bond acceptors (Lipinski definition) is 2. The molecule has 4 heteroatoms. The van der Waals surface area contributed by atoms with Crippen molar-refractivity contribution in [3.8, 4) is 0 Å². The number of carbonyl (C=O) groups excluding carboxylic acids is 1. The zero-order valence-electron chi connectivity index (χ0n) is 13.6. The maximum absolute atomic E-state index is 12.9. The summed E-state index contributed by atoms with van der Waals surface area (Å²) in [6.45, 7) is 0. The van der Waals surface area contributed by atoms with E-state index in [4.69, 9.17) is 4.74 Å². The van der Waals surface area contributed by atoms with Gasteiger partial charge in [0.25, 0.3) is 5.91 Å². The van der Waals surface area contributed by atoms with Crippen molar-refractivity contribution < 1.29 is 9.53 Å². The fourth-order valence-corrected chi connectivity index (χ4v) is 3.32. The van der Waals surface area contributed by atoms with E-state index >= 15 is 0 Å². The van der Waals surface area contributed by atoms with Crippen LogP contribution in [0.2, 0.25) is 0 Å². The topological polar surface area (TPSA) is 29.5 Å². The Morgan fingerprint density at radius 2 is 1.67 bits per heavy atom. The zero-order chi connectivity index (χ0) is 17.1. The summed E-state index contributed by atoms with van der Waals surface area (Å²) in [6, 6.07) is 21.7. The third-order valence-corrected chi connectivity index (χ3v) is 4.75. The van der Waals surface area contributed by atoms with Gasteiger partial charge in [0.2, 0.25) is 0 Å². The SMILES string of the molecule is COC(C(=O)N(C)c1ccccc1Br)c1ccc2ccccc2c1. The number of carbonyl (C=O) groups is 1. The van der Waals surface area contributed by atoms with Gasteiger partial charge in [0.05, 0.1) is 5.69 Å². The van der Waals surface area contributed by atoms with E-state index in [2.05, 4.69) is 22.0 Å². The number of para-hydroxylation sites is 1. The normalized spacial score (nSPS) is 12.1. The van der Waals surface area contributed by atoms with Crippen LogP contribution < -0.4 is 4.90 Å². The molecule has 3 aromatic carbocycles. The summed E-state index contributed by atoms with van der Waals surface area (Å²) >= 11 is 3.49. The van der Waals surface area contributed by atoms with E-state index in [0.717, 1.165) is 26.5 Å². The number of ether oxygens (including phenoxy) is 1. The number of methoxy groups -OCH3 is 1. The first-order valence-corrected chi connectivity index (χ1v) is 8.44. The van der Waals surface area contributed by atoms with Gasteiger partial charge < -0.3 is 9.64 Å². The maximum Gasteiger partial charge on any atom is 0.260 e. The Labute approximate surface area is 150 Å². The van der Waals surface area contributed by atoms with E-state index in [1.807, 2.05) is 60.7 Å². The predicted molar refractivity (Wildman–Crippen MR) is 101 cm³/mol. The molecule has 0 aliphatic carbocycles. The summed E-state index contributed by atoms with van der Waals surface area (Å²) in [7, 11) is 3.32. The van der Waals surface area contributed by atoms with E-state index in [9.17, 15) is 4.79 Å². The Morgan fingerprint density at radius 3 is 2.38 bits per heavy atom. The van der Waals surface area contributed by atoms with Gasteiger partial charge in [-0.25, -0.2) is 0 Å². The molecule has 0 heterocycles. The van der Waals surface area contributed by atoms with Crippen molar-refractivity contribution in [3.63, 3.8) is 0 Å². The van der Waals surface area contributed by atoms with Gasteiger partial charge >= 0.3 is 0 Å². The van der Waals surface area contributed by atoms with E-state index in [0.29, 0.717) is 0 Å². The van der Waals surface area contributed by atoms with E-state index < -0.39 is 6.10 Å². The average Bonchev–Trinajstić information content (AvgIpc) is 2.62. The van der Waals surface area contributed by atoms with Crippen LogP contribution in [0.15, 0.2) is 71.2 Å². The Hall–Kier alpha value is -2.17. The molecule has 0 N–H and O–H groups in total. The minimum absolute atomic E-state index is 0.111. The van der Waals surface area contributed by atoms with E-state index in [1.165, 1.54) is 0 Å². The number of amides is 1. The second kappa shape index (κ2) is 7.16. The molecule has 1 atom stereocenters. The fraction of sp³-hybridized carbons (Fsp3) is 0.150. The monoisotopic (exact) mass is 383 g/mol. The second-order valence-corrected chi connectivity index (χ2v) is 6.43. The molecule has 0 fully saturated rings. The van der Waals surface area contributed by atoms with Crippen LogP contribution in [0.3, 0.4) is 0 Å². The molecule has 0 saturated carbocycles. The van der Waals surface area contributed by atoms with E-state index in [-0.39, 0.29) is 5.91 Å². The fourth-order valence-electron chi connectivity index (χ4n) is 2.77. The molecule has 0 aromatic heterocycles. The Kier molecular flexibility index (Phi) is 4.97. The summed E-state index contributed by atoms with van der Waals surface area (Å²) < 4.78 is 6.39. The summed E-state index contributed by atoms with van der Waals surface area (Å²) in [5.41, 5.74) is 1.66. The minimum atomic E-state index is -0.647. The number of halogens is 1. The molecule has 0 aliphatic heterocycles. The van der Waals surface area contributed by atoms with Crippen LogP contribution in [0, 0.1) is 0 Å². The molecule has 3 rings (SSSR count). The molecule has 24 heavy (non-hydrogen) atoms. The van der Waals surface area contributed by atoms with Crippen LogP contribution in [-0.2, 0) is 9.53 Å². The molecule has 3 nitrogen and oxygen atoms in total. The maximum atomic E-state index is 12.9. The van der Waals surface area contributed by atoms with Gasteiger partial charge in [-0.05, 0) is 50.5 Å². The molecular weight excluding hydrogens is 366 g/mol. The van der Waals surface area contributed by atoms with Crippen molar-refractivity contribution in [1.82, 2.24) is 0 Å². The van der Waals surface area contributed by atoms with Gasteiger partial charge in [0.1, 0.15) is 0 Å². The second-order valence-electron chi connectivity index (χ2n) is 5.57. The summed E-state index contributed by atoms with van der Waals surface area (Å²) in [6.07, 6.45) is -0.647. The molecule has 0 saturated heterocycles. The lowest BCUT2D eigenvalue weighted by atomic mass is 10.0. The molecule has 0 spiro atoms. The highest BCUT2D eigenvalue weighted by Crippen LogP contribution is 2.29. The molecule has 0 bridgehead atoms. The van der Waals surface area contributed by atoms with Crippen molar-refractivity contribution in [1.29, 1.82) is 0 Å². The van der Waals surface area contributed by atoms with Crippen LogP contribution in [0.5, 0.6) is 0 Å². The van der Waals surface area contributed by atoms with Crippen molar-refractivity contribution in [2.45, 2.75) is 6.10 Å². The first kappa shape index (κ1) is 16.7. The Bertz CT molecular complexity index is 878. The number of hydrogen-bond donors (Lipinski definition) is 0. The first-order chi connectivity index (χ1) is 11.6. The lowest BCUT2D eigenvalue weighted by Crippen LogP contribution is -2.32. The molecule has 0 aliphatic rings. The molecule has 3 aromatic rings. The standard InChI is InChI=1S/C20H18BrNO2/c1-22(18-10-6-5-9-17(18)21)20(23)19(24-2)16-12-11-14-7-3-4-8-15(14)13-16/h3-13,19H,1-2H3. The van der Waals surface area contributed by atoms with Crippen molar-refractivity contribution in [2.24, 2.45) is 0 Å². The van der Waals surface area contributed by atoms with Gasteiger partial charge in [0, 0.05) is 18.6 Å². The molecular formula is C20H18BrNO2. The summed E-state index contributed by atoms with van der Waals surface area (Å²) in [5.74, 6) is -0.111. The van der Waals surface area contributed by atoms with E-state index in [1.54, 1.807) is 19.1 Å². The van der Waals surface area contributed by atoms with Gasteiger partial charge in [-0.3, -0.25) is 4.79 Å². The Morgan fingerprint density at radius 1 is 1.00 bits per heavy atom. The molecule has 1 unspecified atom stereocenters. The van der Waals surface area contributed by atoms with Crippen molar-refractivity contribution in [2.75, 3.05) is 19.1 Å². The third kappa shape index (κ3) is 3.21. The van der Waals surface area contributed by atoms with Gasteiger partial charge in [0.15, 0.2) is 6.10 Å². The number of rotatable bonds is 4. The Balaban J connectivity index is 1.94. The molecule has 1 amide bonds. The van der Waals surface area contributed by atoms with Crippen molar-refractivity contribution >= 4 is 38.3 Å². The first-order valence-electron chi connectivity index (χ1n) is 7.65. The van der Waals surface area contributed by atoms with Crippen LogP contribution in [-0.4, -0.2) is 20.1 Å². The van der Waals surface area contributed by atoms with Gasteiger partial charge in [-0.2, -0.15) is 0 Å². The molecule has 122 valence electrons. The summed E-state index contributed by atoms with van der Waals surface area (Å²) in [4.78, 5) is 14.6. The lowest BCUT2D eigenvalue weighted by Gasteiger charge is -2.24. The van der Waals surface area contributed by atoms with Crippen LogP contribution in [0.4, 0.5) is 5.69 Å². The minimum Gasteiger partial charge on any atom is -0.367 e. The van der Waals surface area contributed by atoms with Gasteiger partial charge in [-0.1, -0.05) is 48.5 Å².